The number of amides is 1. The SMILES string of the molecule is C=CCn1c(C)nnc1SCC(=O)N[C@@H](CCC)c1ccccc1. The number of hydrogen-bond donors (Lipinski definition) is 1. The molecule has 0 spiro atoms. The van der Waals surface area contributed by atoms with Gasteiger partial charge >= 0.3 is 0 Å². The molecule has 0 fully saturated rings. The summed E-state index contributed by atoms with van der Waals surface area (Å²) < 4.78 is 1.95. The molecule has 24 heavy (non-hydrogen) atoms. The van der Waals surface area contributed by atoms with E-state index in [2.05, 4.69) is 41.1 Å². The first-order valence-electron chi connectivity index (χ1n) is 8.13. The number of thioether (sulfide) groups is 1. The normalized spacial score (nSPS) is 11.9. The molecule has 0 bridgehead atoms. The average Bonchev–Trinajstić information content (AvgIpc) is 2.94. The van der Waals surface area contributed by atoms with Crippen molar-refractivity contribution in [2.45, 2.75) is 44.4 Å². The van der Waals surface area contributed by atoms with E-state index in [9.17, 15) is 4.79 Å². The Morgan fingerprint density at radius 3 is 2.79 bits per heavy atom. The maximum Gasteiger partial charge on any atom is 0.230 e. The zero-order valence-electron chi connectivity index (χ0n) is 14.2. The van der Waals surface area contributed by atoms with Gasteiger partial charge in [0.25, 0.3) is 0 Å². The lowest BCUT2D eigenvalue weighted by Crippen LogP contribution is -2.30. The third-order valence-electron chi connectivity index (χ3n) is 3.66. The number of aromatic nitrogens is 3. The van der Waals surface area contributed by atoms with Gasteiger partial charge in [0.05, 0.1) is 11.8 Å². The summed E-state index contributed by atoms with van der Waals surface area (Å²) in [6.07, 6.45) is 3.74. The van der Waals surface area contributed by atoms with Gasteiger partial charge in [-0.3, -0.25) is 4.79 Å². The standard InChI is InChI=1S/C18H24N4OS/c1-4-9-16(15-10-7-6-8-11-15)19-17(23)13-24-18-21-20-14(3)22(18)12-5-2/h5-8,10-11,16H,2,4,9,12-13H2,1,3H3,(H,19,23)/t16-/m0/s1. The van der Waals surface area contributed by atoms with E-state index < -0.39 is 0 Å². The highest BCUT2D eigenvalue weighted by Crippen LogP contribution is 2.20. The molecular formula is C18H24N4OS. The van der Waals surface area contributed by atoms with Gasteiger partial charge in [-0.2, -0.15) is 0 Å². The van der Waals surface area contributed by atoms with E-state index in [0.29, 0.717) is 12.3 Å². The summed E-state index contributed by atoms with van der Waals surface area (Å²) >= 11 is 1.40. The molecule has 128 valence electrons. The third kappa shape index (κ3) is 4.96. The summed E-state index contributed by atoms with van der Waals surface area (Å²) in [7, 11) is 0. The van der Waals surface area contributed by atoms with Crippen LogP contribution in [0.4, 0.5) is 0 Å². The zero-order chi connectivity index (χ0) is 17.4. The first-order chi connectivity index (χ1) is 11.7. The maximum absolute atomic E-state index is 12.3. The van der Waals surface area contributed by atoms with Crippen LogP contribution < -0.4 is 5.32 Å². The van der Waals surface area contributed by atoms with Gasteiger partial charge in [-0.15, -0.1) is 16.8 Å². The van der Waals surface area contributed by atoms with Crippen molar-refractivity contribution >= 4 is 17.7 Å². The molecule has 6 heteroatoms. The Bertz CT molecular complexity index is 669. The largest absolute Gasteiger partial charge is 0.349 e. The van der Waals surface area contributed by atoms with Crippen LogP contribution in [0.2, 0.25) is 0 Å². The Hall–Kier alpha value is -2.08. The first-order valence-corrected chi connectivity index (χ1v) is 9.12. The summed E-state index contributed by atoms with van der Waals surface area (Å²) in [4.78, 5) is 12.3. The fraction of sp³-hybridized carbons (Fsp3) is 0.389. The lowest BCUT2D eigenvalue weighted by atomic mass is 10.0. The summed E-state index contributed by atoms with van der Waals surface area (Å²) in [6, 6.07) is 10.1. The second-order valence-corrected chi connectivity index (χ2v) is 6.48. The van der Waals surface area contributed by atoms with Gasteiger partial charge in [-0.05, 0) is 18.9 Å². The van der Waals surface area contributed by atoms with Crippen molar-refractivity contribution in [1.82, 2.24) is 20.1 Å². The van der Waals surface area contributed by atoms with E-state index in [1.165, 1.54) is 11.8 Å². The summed E-state index contributed by atoms with van der Waals surface area (Å²) in [5, 5.41) is 12.1. The van der Waals surface area contributed by atoms with Gasteiger partial charge in [0.15, 0.2) is 5.16 Å². The monoisotopic (exact) mass is 344 g/mol. The fourth-order valence-electron chi connectivity index (χ4n) is 2.47. The summed E-state index contributed by atoms with van der Waals surface area (Å²) in [5.41, 5.74) is 1.14. The number of carbonyl (C=O) groups is 1. The molecule has 0 radical (unpaired) electrons. The van der Waals surface area contributed by atoms with E-state index in [4.69, 9.17) is 0 Å². The number of rotatable bonds is 9. The Labute approximate surface area is 147 Å². The highest BCUT2D eigenvalue weighted by atomic mass is 32.2. The van der Waals surface area contributed by atoms with Crippen LogP contribution in [-0.2, 0) is 11.3 Å². The van der Waals surface area contributed by atoms with Crippen molar-refractivity contribution in [3.05, 3.63) is 54.4 Å². The highest BCUT2D eigenvalue weighted by molar-refractivity contribution is 7.99. The molecule has 5 nitrogen and oxygen atoms in total. The van der Waals surface area contributed by atoms with E-state index in [-0.39, 0.29) is 11.9 Å². The number of hydrogen-bond acceptors (Lipinski definition) is 4. The molecule has 2 rings (SSSR count). The van der Waals surface area contributed by atoms with Gasteiger partial charge in [0, 0.05) is 6.54 Å². The molecule has 1 aromatic carbocycles. The molecule has 2 aromatic rings. The van der Waals surface area contributed by atoms with Crippen LogP contribution in [-0.4, -0.2) is 26.4 Å². The topological polar surface area (TPSA) is 59.8 Å². The van der Waals surface area contributed by atoms with Crippen molar-refractivity contribution < 1.29 is 4.79 Å². The minimum absolute atomic E-state index is 0.00751. The molecule has 0 saturated carbocycles. The lowest BCUT2D eigenvalue weighted by molar-refractivity contribution is -0.119. The van der Waals surface area contributed by atoms with Crippen molar-refractivity contribution in [1.29, 1.82) is 0 Å². The Kier molecular flexibility index (Phi) is 7.06. The molecule has 1 N–H and O–H groups in total. The molecule has 0 aliphatic carbocycles. The smallest absolute Gasteiger partial charge is 0.230 e. The number of carbonyl (C=O) groups excluding carboxylic acids is 1. The minimum Gasteiger partial charge on any atom is -0.349 e. The quantitative estimate of drug-likeness (QED) is 0.558. The number of nitrogens with one attached hydrogen (secondary N) is 1. The zero-order valence-corrected chi connectivity index (χ0v) is 15.1. The Morgan fingerprint density at radius 1 is 1.38 bits per heavy atom. The summed E-state index contributed by atoms with van der Waals surface area (Å²) in [6.45, 7) is 8.40. The van der Waals surface area contributed by atoms with Crippen LogP contribution in [0.25, 0.3) is 0 Å². The van der Waals surface area contributed by atoms with Crippen molar-refractivity contribution in [2.24, 2.45) is 0 Å². The Morgan fingerprint density at radius 2 is 2.12 bits per heavy atom. The first kappa shape index (κ1) is 18.3. The lowest BCUT2D eigenvalue weighted by Gasteiger charge is -2.18. The Balaban J connectivity index is 1.95. The van der Waals surface area contributed by atoms with E-state index in [1.54, 1.807) is 6.08 Å². The molecular weight excluding hydrogens is 320 g/mol. The highest BCUT2D eigenvalue weighted by Gasteiger charge is 2.15. The molecule has 0 unspecified atom stereocenters. The average molecular weight is 344 g/mol. The van der Waals surface area contributed by atoms with Crippen LogP contribution >= 0.6 is 11.8 Å². The second kappa shape index (κ2) is 9.27. The van der Waals surface area contributed by atoms with Gasteiger partial charge in [0.1, 0.15) is 5.82 Å². The second-order valence-electron chi connectivity index (χ2n) is 5.54. The number of nitrogens with zero attached hydrogens (tertiary/aromatic N) is 3. The molecule has 1 atom stereocenters. The van der Waals surface area contributed by atoms with Crippen LogP contribution in [0.15, 0.2) is 48.1 Å². The molecule has 0 saturated heterocycles. The summed E-state index contributed by atoms with van der Waals surface area (Å²) in [5.74, 6) is 1.15. The number of aryl methyl sites for hydroxylation is 1. The number of allylic oxidation sites excluding steroid dienone is 1. The molecule has 0 aliphatic heterocycles. The molecule has 1 amide bonds. The fourth-order valence-corrected chi connectivity index (χ4v) is 3.27. The molecule has 1 heterocycles. The number of benzene rings is 1. The van der Waals surface area contributed by atoms with Crippen LogP contribution in [0.3, 0.4) is 0 Å². The maximum atomic E-state index is 12.3. The van der Waals surface area contributed by atoms with Gasteiger partial charge in [-0.1, -0.05) is 61.5 Å². The molecule has 1 aromatic heterocycles. The predicted octanol–water partition coefficient (Wildman–Crippen LogP) is 3.52. The van der Waals surface area contributed by atoms with E-state index in [1.807, 2.05) is 29.7 Å². The van der Waals surface area contributed by atoms with Crippen LogP contribution in [0.1, 0.15) is 37.2 Å². The minimum atomic E-state index is 0.00751. The van der Waals surface area contributed by atoms with Gasteiger partial charge in [0.2, 0.25) is 5.91 Å². The van der Waals surface area contributed by atoms with Crippen LogP contribution in [0.5, 0.6) is 0 Å². The predicted molar refractivity (Wildman–Crippen MR) is 97.9 cm³/mol. The van der Waals surface area contributed by atoms with Crippen molar-refractivity contribution in [3.63, 3.8) is 0 Å². The van der Waals surface area contributed by atoms with Crippen LogP contribution in [0, 0.1) is 6.92 Å². The third-order valence-corrected chi connectivity index (χ3v) is 4.63. The van der Waals surface area contributed by atoms with Crippen molar-refractivity contribution in [2.75, 3.05) is 5.75 Å². The molecule has 0 aliphatic rings. The van der Waals surface area contributed by atoms with Gasteiger partial charge < -0.3 is 9.88 Å². The van der Waals surface area contributed by atoms with Crippen molar-refractivity contribution in [3.8, 4) is 0 Å². The van der Waals surface area contributed by atoms with Gasteiger partial charge in [-0.25, -0.2) is 0 Å². The van der Waals surface area contributed by atoms with E-state index >= 15 is 0 Å². The van der Waals surface area contributed by atoms with E-state index in [0.717, 1.165) is 29.4 Å².